The zero-order valence-electron chi connectivity index (χ0n) is 10.8. The molecule has 1 N–H and O–H groups in total. The van der Waals surface area contributed by atoms with Crippen LogP contribution in [0.2, 0.25) is 0 Å². The van der Waals surface area contributed by atoms with E-state index in [1.807, 2.05) is 0 Å². The molecule has 6 heteroatoms. The molecule has 0 aromatic rings. The number of methoxy groups -OCH3 is 1. The predicted molar refractivity (Wildman–Crippen MR) is 70.7 cm³/mol. The first-order valence-corrected chi connectivity index (χ1v) is 7.68. The van der Waals surface area contributed by atoms with Crippen molar-refractivity contribution < 1.29 is 19.1 Å². The summed E-state index contributed by atoms with van der Waals surface area (Å²) in [6.45, 7) is 1.23. The van der Waals surface area contributed by atoms with E-state index in [2.05, 4.69) is 21.2 Å². The van der Waals surface area contributed by atoms with E-state index in [9.17, 15) is 9.59 Å². The molecular formula is C13H18BrNO4. The third kappa shape index (κ3) is 2.00. The van der Waals surface area contributed by atoms with Crippen molar-refractivity contribution in [2.45, 2.75) is 23.8 Å². The highest BCUT2D eigenvalue weighted by Crippen LogP contribution is 2.59. The highest BCUT2D eigenvalue weighted by atomic mass is 79.9. The Balaban J connectivity index is 1.65. The van der Waals surface area contributed by atoms with Crippen molar-refractivity contribution in [2.24, 2.45) is 23.7 Å². The van der Waals surface area contributed by atoms with Gasteiger partial charge in [-0.3, -0.25) is 9.59 Å². The lowest BCUT2D eigenvalue weighted by molar-refractivity contribution is -0.145. The Kier molecular flexibility index (Phi) is 3.55. The molecule has 1 amide bonds. The van der Waals surface area contributed by atoms with Crippen LogP contribution in [-0.4, -0.2) is 43.1 Å². The number of rotatable bonds is 5. The fourth-order valence-electron chi connectivity index (χ4n) is 3.88. The molecule has 2 saturated carbocycles. The van der Waals surface area contributed by atoms with Gasteiger partial charge < -0.3 is 14.8 Å². The molecule has 1 saturated heterocycles. The summed E-state index contributed by atoms with van der Waals surface area (Å²) in [5, 5.41) is 2.92. The first-order valence-electron chi connectivity index (χ1n) is 6.76. The second-order valence-corrected chi connectivity index (χ2v) is 6.66. The number of amides is 1. The third-order valence-electron chi connectivity index (χ3n) is 4.65. The van der Waals surface area contributed by atoms with Crippen molar-refractivity contribution in [3.8, 4) is 0 Å². The number of carbonyl (C=O) groups is 2. The van der Waals surface area contributed by atoms with E-state index in [1.54, 1.807) is 7.11 Å². The summed E-state index contributed by atoms with van der Waals surface area (Å²) in [7, 11) is 1.64. The molecule has 0 radical (unpaired) electrons. The van der Waals surface area contributed by atoms with Crippen LogP contribution in [0.3, 0.4) is 0 Å². The van der Waals surface area contributed by atoms with Gasteiger partial charge in [0.15, 0.2) is 0 Å². The van der Waals surface area contributed by atoms with Crippen LogP contribution in [0.25, 0.3) is 0 Å². The number of esters is 1. The Morgan fingerprint density at radius 2 is 2.32 bits per heavy atom. The average molecular weight is 332 g/mol. The Morgan fingerprint density at radius 3 is 3.05 bits per heavy atom. The van der Waals surface area contributed by atoms with E-state index >= 15 is 0 Å². The molecule has 106 valence electrons. The molecule has 5 nitrogen and oxygen atoms in total. The van der Waals surface area contributed by atoms with E-state index in [0.29, 0.717) is 13.2 Å². The Labute approximate surface area is 120 Å². The molecule has 0 unspecified atom stereocenters. The van der Waals surface area contributed by atoms with E-state index in [1.165, 1.54) is 0 Å². The van der Waals surface area contributed by atoms with Gasteiger partial charge in [-0.2, -0.15) is 0 Å². The summed E-state index contributed by atoms with van der Waals surface area (Å²) in [6.07, 6.45) is 1.70. The average Bonchev–Trinajstić information content (AvgIpc) is 2.98. The van der Waals surface area contributed by atoms with Crippen molar-refractivity contribution in [2.75, 3.05) is 20.3 Å². The lowest BCUT2D eigenvalue weighted by atomic mass is 9.79. The largest absolute Gasteiger partial charge is 0.461 e. The summed E-state index contributed by atoms with van der Waals surface area (Å²) < 4.78 is 10.3. The normalized spacial score (nSPS) is 42.5. The molecule has 19 heavy (non-hydrogen) atoms. The van der Waals surface area contributed by atoms with Crippen LogP contribution >= 0.6 is 15.9 Å². The van der Waals surface area contributed by atoms with E-state index in [-0.39, 0.29) is 46.5 Å². The van der Waals surface area contributed by atoms with Gasteiger partial charge >= 0.3 is 5.97 Å². The second kappa shape index (κ2) is 5.05. The maximum absolute atomic E-state index is 12.3. The smallest absolute Gasteiger partial charge is 0.310 e. The molecule has 3 rings (SSSR count). The number of hydrogen-bond acceptors (Lipinski definition) is 4. The number of carbonyl (C=O) groups excluding carboxylic acids is 2. The maximum atomic E-state index is 12.3. The molecule has 3 aliphatic rings. The van der Waals surface area contributed by atoms with Crippen LogP contribution in [0.15, 0.2) is 0 Å². The standard InChI is InChI=1S/C13H18BrNO4/c1-18-4-2-3-15-12(16)8-6-5-7-9(8)13(17)19-11(7)10(6)14/h6-11H,2-5H2,1H3,(H,15,16)/t6-,7+,8+,9-,10+,11-/m0/s1. The monoisotopic (exact) mass is 331 g/mol. The Hall–Kier alpha value is -0.620. The van der Waals surface area contributed by atoms with Crippen LogP contribution in [0.4, 0.5) is 0 Å². The summed E-state index contributed by atoms with van der Waals surface area (Å²) in [6, 6.07) is 0. The molecule has 1 heterocycles. The minimum atomic E-state index is -0.219. The van der Waals surface area contributed by atoms with Gasteiger partial charge in [0.25, 0.3) is 0 Å². The number of halogens is 1. The van der Waals surface area contributed by atoms with Crippen molar-refractivity contribution in [3.05, 3.63) is 0 Å². The molecule has 0 aromatic heterocycles. The van der Waals surface area contributed by atoms with E-state index < -0.39 is 0 Å². The van der Waals surface area contributed by atoms with Gasteiger partial charge in [-0.1, -0.05) is 15.9 Å². The summed E-state index contributed by atoms with van der Waals surface area (Å²) in [5.41, 5.74) is 0. The molecule has 3 fully saturated rings. The van der Waals surface area contributed by atoms with Crippen LogP contribution in [-0.2, 0) is 19.1 Å². The highest BCUT2D eigenvalue weighted by molar-refractivity contribution is 9.09. The van der Waals surface area contributed by atoms with Gasteiger partial charge in [-0.25, -0.2) is 0 Å². The molecule has 0 spiro atoms. The van der Waals surface area contributed by atoms with E-state index in [0.717, 1.165) is 12.8 Å². The Bertz CT molecular complexity index is 402. The van der Waals surface area contributed by atoms with Crippen molar-refractivity contribution in [3.63, 3.8) is 0 Å². The van der Waals surface area contributed by atoms with Gasteiger partial charge in [0.1, 0.15) is 6.10 Å². The first kappa shape index (κ1) is 13.4. The second-order valence-electron chi connectivity index (χ2n) is 5.60. The molecule has 6 atom stereocenters. The Morgan fingerprint density at radius 1 is 1.53 bits per heavy atom. The summed E-state index contributed by atoms with van der Waals surface area (Å²) >= 11 is 3.60. The first-order chi connectivity index (χ1) is 9.15. The highest BCUT2D eigenvalue weighted by Gasteiger charge is 2.67. The van der Waals surface area contributed by atoms with Crippen LogP contribution < -0.4 is 5.32 Å². The van der Waals surface area contributed by atoms with Gasteiger partial charge in [0, 0.05) is 26.2 Å². The van der Waals surface area contributed by atoms with Crippen molar-refractivity contribution in [1.29, 1.82) is 0 Å². The van der Waals surface area contributed by atoms with Crippen LogP contribution in [0.1, 0.15) is 12.8 Å². The summed E-state index contributed by atoms with van der Waals surface area (Å²) in [4.78, 5) is 24.3. The van der Waals surface area contributed by atoms with E-state index in [4.69, 9.17) is 9.47 Å². The molecule has 2 aliphatic carbocycles. The quantitative estimate of drug-likeness (QED) is 0.458. The molecule has 2 bridgehead atoms. The zero-order valence-corrected chi connectivity index (χ0v) is 12.4. The fraction of sp³-hybridized carbons (Fsp3) is 0.846. The van der Waals surface area contributed by atoms with Crippen molar-refractivity contribution >= 4 is 27.8 Å². The maximum Gasteiger partial charge on any atom is 0.310 e. The lowest BCUT2D eigenvalue weighted by Gasteiger charge is -2.27. The predicted octanol–water partition coefficient (Wildman–Crippen LogP) is 0.710. The van der Waals surface area contributed by atoms with Gasteiger partial charge in [-0.05, 0) is 18.8 Å². The topological polar surface area (TPSA) is 64.6 Å². The lowest BCUT2D eigenvalue weighted by Crippen LogP contribution is -2.43. The SMILES string of the molecule is COCCCNC(=O)[C@@H]1[C@@H]2C[C@H]3[C@H](OC(=O)[C@@H]31)[C@@H]2Br. The molecule has 0 aromatic carbocycles. The number of nitrogens with one attached hydrogen (secondary N) is 1. The number of ether oxygens (including phenoxy) is 2. The zero-order chi connectivity index (χ0) is 13.6. The number of fused-ring (bicyclic) bond motifs is 1. The minimum absolute atomic E-state index is 0.00430. The molecule has 1 aliphatic heterocycles. The fourth-order valence-corrected chi connectivity index (χ4v) is 4.92. The van der Waals surface area contributed by atoms with Crippen molar-refractivity contribution in [1.82, 2.24) is 5.32 Å². The summed E-state index contributed by atoms with van der Waals surface area (Å²) in [5.74, 6) is -0.160. The van der Waals surface area contributed by atoms with Crippen LogP contribution in [0.5, 0.6) is 0 Å². The number of alkyl halides is 1. The number of hydrogen-bond donors (Lipinski definition) is 1. The van der Waals surface area contributed by atoms with Gasteiger partial charge in [-0.15, -0.1) is 0 Å². The van der Waals surface area contributed by atoms with Gasteiger partial charge in [0.05, 0.1) is 16.7 Å². The van der Waals surface area contributed by atoms with Gasteiger partial charge in [0.2, 0.25) is 5.91 Å². The molecular weight excluding hydrogens is 314 g/mol. The third-order valence-corrected chi connectivity index (χ3v) is 5.85. The van der Waals surface area contributed by atoms with Crippen LogP contribution in [0, 0.1) is 23.7 Å². The minimum Gasteiger partial charge on any atom is -0.461 e.